The number of phenolic OH excluding ortho intramolecular Hbond substituents is 1. The molecule has 0 saturated carbocycles. The van der Waals surface area contributed by atoms with E-state index in [-0.39, 0.29) is 5.75 Å². The number of nitrogens with zero attached hydrogens (tertiary/aromatic N) is 1. The minimum Gasteiger partial charge on any atom is -0.508 e. The van der Waals surface area contributed by atoms with Gasteiger partial charge in [0.05, 0.1) is 11.0 Å². The topological polar surface area (TPSA) is 60.9 Å². The number of benzene rings is 1. The summed E-state index contributed by atoms with van der Waals surface area (Å²) in [4.78, 5) is 7.68. The molecule has 1 heterocycles. The molecule has 0 radical (unpaired) electrons. The van der Waals surface area contributed by atoms with Gasteiger partial charge in [0.15, 0.2) is 0 Å². The lowest BCUT2D eigenvalue weighted by atomic mass is 10.2. The summed E-state index contributed by atoms with van der Waals surface area (Å²) in [5.74, 6) is 1.22. The zero-order valence-electron chi connectivity index (χ0n) is 9.62. The fraction of sp³-hybridized carbons (Fsp3) is 0.417. The van der Waals surface area contributed by atoms with Crippen molar-refractivity contribution in [3.8, 4) is 5.75 Å². The monoisotopic (exact) mass is 219 g/mol. The van der Waals surface area contributed by atoms with Crippen LogP contribution in [0.3, 0.4) is 0 Å². The Morgan fingerprint density at radius 2 is 2.31 bits per heavy atom. The van der Waals surface area contributed by atoms with E-state index in [1.807, 2.05) is 6.07 Å². The van der Waals surface area contributed by atoms with Crippen LogP contribution in [-0.2, 0) is 6.42 Å². The second kappa shape index (κ2) is 4.53. The lowest BCUT2D eigenvalue weighted by molar-refractivity contribution is 0.476. The molecule has 0 spiro atoms. The predicted octanol–water partition coefficient (Wildman–Crippen LogP) is 1.81. The molecular formula is C12H17N3O. The molecule has 3 N–H and O–H groups in total. The number of H-pyrrole nitrogens is 1. The van der Waals surface area contributed by atoms with Gasteiger partial charge in [0.2, 0.25) is 0 Å². The van der Waals surface area contributed by atoms with Crippen molar-refractivity contribution in [3.05, 3.63) is 24.0 Å². The molecule has 1 unspecified atom stereocenters. The third-order valence-electron chi connectivity index (χ3n) is 2.57. The van der Waals surface area contributed by atoms with E-state index < -0.39 is 0 Å². The number of aromatic amines is 1. The molecule has 4 heteroatoms. The number of aromatic hydroxyl groups is 1. The maximum absolute atomic E-state index is 9.35. The molecule has 1 atom stereocenters. The van der Waals surface area contributed by atoms with Gasteiger partial charge in [0.1, 0.15) is 11.6 Å². The van der Waals surface area contributed by atoms with Crippen molar-refractivity contribution in [2.24, 2.45) is 0 Å². The third kappa shape index (κ3) is 2.33. The minimum absolute atomic E-state index is 0.266. The molecule has 0 bridgehead atoms. The first-order valence-corrected chi connectivity index (χ1v) is 5.60. The summed E-state index contributed by atoms with van der Waals surface area (Å²) in [5, 5.41) is 12.7. The number of imidazole rings is 1. The second-order valence-corrected chi connectivity index (χ2v) is 4.05. The van der Waals surface area contributed by atoms with Crippen molar-refractivity contribution in [1.29, 1.82) is 0 Å². The first-order valence-electron chi connectivity index (χ1n) is 5.60. The van der Waals surface area contributed by atoms with Crippen molar-refractivity contribution in [3.63, 3.8) is 0 Å². The largest absolute Gasteiger partial charge is 0.508 e. The van der Waals surface area contributed by atoms with E-state index in [1.165, 1.54) is 0 Å². The molecule has 86 valence electrons. The molecule has 1 aromatic heterocycles. The smallest absolute Gasteiger partial charge is 0.117 e. The summed E-state index contributed by atoms with van der Waals surface area (Å²) in [6, 6.07) is 5.58. The van der Waals surface area contributed by atoms with E-state index in [4.69, 9.17) is 0 Å². The van der Waals surface area contributed by atoms with Gasteiger partial charge < -0.3 is 15.4 Å². The number of phenols is 1. The number of nitrogens with one attached hydrogen (secondary N) is 2. The summed E-state index contributed by atoms with van der Waals surface area (Å²) < 4.78 is 0. The number of hydrogen-bond donors (Lipinski definition) is 3. The van der Waals surface area contributed by atoms with Gasteiger partial charge in [-0.05, 0) is 25.6 Å². The lowest BCUT2D eigenvalue weighted by Crippen LogP contribution is -2.27. The van der Waals surface area contributed by atoms with Crippen molar-refractivity contribution in [1.82, 2.24) is 15.3 Å². The van der Waals surface area contributed by atoms with Gasteiger partial charge in [-0.15, -0.1) is 0 Å². The molecule has 1 aromatic carbocycles. The van der Waals surface area contributed by atoms with Crippen LogP contribution in [-0.4, -0.2) is 27.7 Å². The van der Waals surface area contributed by atoms with Crippen LogP contribution in [0.25, 0.3) is 11.0 Å². The van der Waals surface area contributed by atoms with E-state index >= 15 is 0 Å². The van der Waals surface area contributed by atoms with Crippen LogP contribution in [0.2, 0.25) is 0 Å². The molecule has 0 saturated heterocycles. The molecule has 0 fully saturated rings. The van der Waals surface area contributed by atoms with E-state index in [2.05, 4.69) is 29.1 Å². The zero-order chi connectivity index (χ0) is 11.5. The average Bonchev–Trinajstić information content (AvgIpc) is 2.59. The van der Waals surface area contributed by atoms with Crippen LogP contribution in [0.4, 0.5) is 0 Å². The van der Waals surface area contributed by atoms with Crippen LogP contribution in [0.5, 0.6) is 5.75 Å². The number of aromatic nitrogens is 2. The first kappa shape index (κ1) is 11.0. The van der Waals surface area contributed by atoms with Crippen molar-refractivity contribution >= 4 is 11.0 Å². The number of likely N-dealkylation sites (N-methyl/N-ethyl adjacent to an activating group) is 1. The van der Waals surface area contributed by atoms with Gasteiger partial charge in [-0.1, -0.05) is 6.92 Å². The Hall–Kier alpha value is -1.55. The highest BCUT2D eigenvalue weighted by molar-refractivity contribution is 5.76. The van der Waals surface area contributed by atoms with Gasteiger partial charge in [0.25, 0.3) is 0 Å². The molecule has 2 rings (SSSR count). The molecular weight excluding hydrogens is 202 g/mol. The van der Waals surface area contributed by atoms with Crippen molar-refractivity contribution in [2.75, 3.05) is 6.54 Å². The maximum atomic E-state index is 9.35. The Kier molecular flexibility index (Phi) is 3.10. The molecule has 4 nitrogen and oxygen atoms in total. The highest BCUT2D eigenvalue weighted by Crippen LogP contribution is 2.17. The van der Waals surface area contributed by atoms with E-state index in [0.29, 0.717) is 6.04 Å². The first-order chi connectivity index (χ1) is 7.69. The van der Waals surface area contributed by atoms with Crippen molar-refractivity contribution < 1.29 is 5.11 Å². The van der Waals surface area contributed by atoms with Crippen LogP contribution in [0.15, 0.2) is 18.2 Å². The summed E-state index contributed by atoms with van der Waals surface area (Å²) in [5.41, 5.74) is 1.79. The fourth-order valence-electron chi connectivity index (χ4n) is 1.86. The second-order valence-electron chi connectivity index (χ2n) is 4.05. The lowest BCUT2D eigenvalue weighted by Gasteiger charge is -2.09. The standard InChI is InChI=1S/C12H17N3O/c1-3-13-8(2)6-12-14-10-5-4-9(16)7-11(10)15-12/h4-5,7-8,13,16H,3,6H2,1-2H3,(H,14,15). The summed E-state index contributed by atoms with van der Waals surface area (Å²) in [6.07, 6.45) is 0.864. The van der Waals surface area contributed by atoms with Gasteiger partial charge in [0, 0.05) is 18.5 Å². The highest BCUT2D eigenvalue weighted by atomic mass is 16.3. The summed E-state index contributed by atoms with van der Waals surface area (Å²) in [6.45, 7) is 5.18. The molecule has 16 heavy (non-hydrogen) atoms. The van der Waals surface area contributed by atoms with Gasteiger partial charge in [-0.25, -0.2) is 4.98 Å². The van der Waals surface area contributed by atoms with Gasteiger partial charge >= 0.3 is 0 Å². The highest BCUT2D eigenvalue weighted by Gasteiger charge is 2.07. The van der Waals surface area contributed by atoms with Crippen molar-refractivity contribution in [2.45, 2.75) is 26.3 Å². The summed E-state index contributed by atoms with van der Waals surface area (Å²) >= 11 is 0. The number of rotatable bonds is 4. The molecule has 2 aromatic rings. The molecule has 0 aliphatic rings. The van der Waals surface area contributed by atoms with Gasteiger partial charge in [-0.2, -0.15) is 0 Å². The number of hydrogen-bond acceptors (Lipinski definition) is 3. The Bertz CT molecular complexity index is 478. The Morgan fingerprint density at radius 1 is 1.50 bits per heavy atom. The van der Waals surface area contributed by atoms with Crippen LogP contribution < -0.4 is 5.32 Å². The van der Waals surface area contributed by atoms with Crippen LogP contribution in [0.1, 0.15) is 19.7 Å². The van der Waals surface area contributed by atoms with Gasteiger partial charge in [-0.3, -0.25) is 0 Å². The predicted molar refractivity (Wildman–Crippen MR) is 64.6 cm³/mol. The molecule has 0 amide bonds. The number of fused-ring (bicyclic) bond motifs is 1. The maximum Gasteiger partial charge on any atom is 0.117 e. The SMILES string of the molecule is CCNC(C)Cc1nc2ccc(O)cc2[nH]1. The van der Waals surface area contributed by atoms with E-state index in [1.54, 1.807) is 12.1 Å². The molecule has 0 aliphatic heterocycles. The Labute approximate surface area is 94.7 Å². The fourth-order valence-corrected chi connectivity index (χ4v) is 1.86. The quantitative estimate of drug-likeness (QED) is 0.735. The van der Waals surface area contributed by atoms with E-state index in [0.717, 1.165) is 29.8 Å². The molecule has 0 aliphatic carbocycles. The normalized spacial score (nSPS) is 13.1. The van der Waals surface area contributed by atoms with Crippen LogP contribution >= 0.6 is 0 Å². The minimum atomic E-state index is 0.266. The van der Waals surface area contributed by atoms with E-state index in [9.17, 15) is 5.11 Å². The summed E-state index contributed by atoms with van der Waals surface area (Å²) in [7, 11) is 0. The average molecular weight is 219 g/mol. The Morgan fingerprint density at radius 3 is 3.06 bits per heavy atom. The van der Waals surface area contributed by atoms with Crippen LogP contribution in [0, 0.1) is 0 Å². The zero-order valence-corrected chi connectivity index (χ0v) is 9.62. The Balaban J connectivity index is 2.19. The third-order valence-corrected chi connectivity index (χ3v) is 2.57.